The van der Waals surface area contributed by atoms with Crippen molar-refractivity contribution in [3.8, 4) is 73.2 Å². The van der Waals surface area contributed by atoms with E-state index in [0.29, 0.717) is 17.5 Å². The Kier molecular flexibility index (Phi) is 9.20. The Hall–Kier alpha value is -10.4. The summed E-state index contributed by atoms with van der Waals surface area (Å²) in [7, 11) is 0. The Labute approximate surface area is 434 Å². The van der Waals surface area contributed by atoms with Crippen LogP contribution in [0.1, 0.15) is 0 Å². The van der Waals surface area contributed by atoms with Gasteiger partial charge in [-0.05, 0) is 124 Å². The van der Waals surface area contributed by atoms with Gasteiger partial charge in [-0.25, -0.2) is 15.0 Å². The molecule has 16 rings (SSSR count). The molecule has 76 heavy (non-hydrogen) atoms. The van der Waals surface area contributed by atoms with E-state index in [2.05, 4.69) is 193 Å². The van der Waals surface area contributed by atoms with E-state index >= 15 is 0 Å². The number of para-hydroxylation sites is 2. The van der Waals surface area contributed by atoms with Gasteiger partial charge < -0.3 is 17.8 Å². The number of nitrogens with zero attached hydrogens (tertiary/aromatic N) is 4. The molecule has 7 heteroatoms. The lowest BCUT2D eigenvalue weighted by molar-refractivity contribution is 0.668. The summed E-state index contributed by atoms with van der Waals surface area (Å²) in [5, 5.41) is 8.51. The number of furan rings is 3. The van der Waals surface area contributed by atoms with Crippen molar-refractivity contribution in [2.75, 3.05) is 0 Å². The van der Waals surface area contributed by atoms with Gasteiger partial charge in [0.1, 0.15) is 33.5 Å². The van der Waals surface area contributed by atoms with Gasteiger partial charge >= 0.3 is 0 Å². The normalized spacial score (nSPS) is 11.9. The summed E-state index contributed by atoms with van der Waals surface area (Å²) in [4.78, 5) is 15.6. The first kappa shape index (κ1) is 42.2. The zero-order chi connectivity index (χ0) is 49.8. The molecule has 0 aliphatic rings. The van der Waals surface area contributed by atoms with E-state index in [9.17, 15) is 0 Å². The average molecular weight is 973 g/mol. The number of aromatic nitrogens is 4. The largest absolute Gasteiger partial charge is 0.456 e. The van der Waals surface area contributed by atoms with E-state index in [-0.39, 0.29) is 0 Å². The molecule has 0 spiro atoms. The highest BCUT2D eigenvalue weighted by atomic mass is 16.3. The van der Waals surface area contributed by atoms with Crippen molar-refractivity contribution in [1.82, 2.24) is 19.5 Å². The van der Waals surface area contributed by atoms with E-state index in [4.69, 9.17) is 28.2 Å². The van der Waals surface area contributed by atoms with Crippen molar-refractivity contribution in [3.05, 3.63) is 243 Å². The maximum Gasteiger partial charge on any atom is 0.164 e. The molecule has 0 radical (unpaired) electrons. The number of benzene rings is 11. The smallest absolute Gasteiger partial charge is 0.164 e. The van der Waals surface area contributed by atoms with Gasteiger partial charge in [0.2, 0.25) is 0 Å². The van der Waals surface area contributed by atoms with Crippen LogP contribution < -0.4 is 0 Å². The second kappa shape index (κ2) is 16.6. The van der Waals surface area contributed by atoms with Gasteiger partial charge in [-0.3, -0.25) is 0 Å². The minimum Gasteiger partial charge on any atom is -0.456 e. The molecule has 5 aromatic heterocycles. The van der Waals surface area contributed by atoms with Crippen LogP contribution in [0.4, 0.5) is 0 Å². The highest BCUT2D eigenvalue weighted by molar-refractivity contribution is 6.17. The lowest BCUT2D eigenvalue weighted by atomic mass is 9.95. The molecule has 0 saturated carbocycles. The summed E-state index contributed by atoms with van der Waals surface area (Å²) in [6.07, 6.45) is 0. The molecule has 0 aliphatic carbocycles. The number of fused-ring (bicyclic) bond motifs is 12. The van der Waals surface area contributed by atoms with Gasteiger partial charge in [-0.1, -0.05) is 152 Å². The lowest BCUT2D eigenvalue weighted by Crippen LogP contribution is -2.00. The number of hydrogen-bond acceptors (Lipinski definition) is 6. The standard InChI is InChI=1S/C69H40N4O3/c1-4-14-41(15-5-1)45-26-31-51-52-32-27-47(40-64(52)76-63(51)39-45)68-70-67(42-16-6-2-7-17-42)71-69(72-68)53-22-13-25-62-66(53)56-38-46(30-35-60(56)75-62)49-21-12-24-61-65(49)55-37-44(29-34-59(55)74-61)43-28-33-58-54(36-43)50-20-10-11-23-57(50)73(58)48-18-8-3-9-19-48/h1-40H. The maximum atomic E-state index is 6.64. The van der Waals surface area contributed by atoms with Crippen LogP contribution >= 0.6 is 0 Å². The molecule has 0 bridgehead atoms. The third kappa shape index (κ3) is 6.66. The molecule has 11 aromatic carbocycles. The molecule has 354 valence electrons. The van der Waals surface area contributed by atoms with Crippen molar-refractivity contribution in [3.63, 3.8) is 0 Å². The quantitative estimate of drug-likeness (QED) is 0.158. The second-order valence-electron chi connectivity index (χ2n) is 19.5. The molecular formula is C69H40N4O3. The summed E-state index contributed by atoms with van der Waals surface area (Å²) in [5.41, 5.74) is 17.4. The zero-order valence-electron chi connectivity index (χ0n) is 40.6. The van der Waals surface area contributed by atoms with Crippen molar-refractivity contribution in [2.45, 2.75) is 0 Å². The monoisotopic (exact) mass is 972 g/mol. The fourth-order valence-corrected chi connectivity index (χ4v) is 11.5. The Morgan fingerprint density at radius 1 is 0.250 bits per heavy atom. The Bertz CT molecular complexity index is 4990. The first-order chi connectivity index (χ1) is 37.6. The topological polar surface area (TPSA) is 83.0 Å². The van der Waals surface area contributed by atoms with Gasteiger partial charge in [0.05, 0.1) is 11.0 Å². The van der Waals surface area contributed by atoms with Crippen LogP contribution in [0.2, 0.25) is 0 Å². The third-order valence-corrected chi connectivity index (χ3v) is 15.1. The van der Waals surface area contributed by atoms with E-state index in [1.807, 2.05) is 54.6 Å². The first-order valence-corrected chi connectivity index (χ1v) is 25.5. The van der Waals surface area contributed by atoms with Gasteiger partial charge in [-0.15, -0.1) is 0 Å². The fraction of sp³-hybridized carbons (Fsp3) is 0. The van der Waals surface area contributed by atoms with E-state index < -0.39 is 0 Å². The SMILES string of the molecule is c1ccc(-c2ccc3c(c2)oc2cc(-c4nc(-c5ccccc5)nc(-c5cccc6oc7ccc(-c8cccc9oc%10ccc(-c%11ccc%12c(c%11)c%11ccccc%11n%12-c%11ccccc%11)cc%10c89)cc7c56)n4)ccc23)cc1. The van der Waals surface area contributed by atoms with Gasteiger partial charge in [0, 0.05) is 65.5 Å². The summed E-state index contributed by atoms with van der Waals surface area (Å²) < 4.78 is 22.2. The predicted molar refractivity (Wildman–Crippen MR) is 309 cm³/mol. The summed E-state index contributed by atoms with van der Waals surface area (Å²) in [5.74, 6) is 1.65. The molecular weight excluding hydrogens is 933 g/mol. The summed E-state index contributed by atoms with van der Waals surface area (Å²) >= 11 is 0. The Balaban J connectivity index is 0.822. The van der Waals surface area contributed by atoms with Crippen LogP contribution in [-0.4, -0.2) is 19.5 Å². The molecule has 16 aromatic rings. The highest BCUT2D eigenvalue weighted by Crippen LogP contribution is 2.44. The van der Waals surface area contributed by atoms with Crippen molar-refractivity contribution in [2.24, 2.45) is 0 Å². The fourth-order valence-electron chi connectivity index (χ4n) is 11.5. The van der Waals surface area contributed by atoms with Crippen molar-refractivity contribution < 1.29 is 13.3 Å². The minimum absolute atomic E-state index is 0.540. The van der Waals surface area contributed by atoms with Crippen LogP contribution in [-0.2, 0) is 0 Å². The molecule has 0 amide bonds. The number of rotatable bonds is 7. The third-order valence-electron chi connectivity index (χ3n) is 15.1. The van der Waals surface area contributed by atoms with Crippen LogP contribution in [0.25, 0.3) is 161 Å². The van der Waals surface area contributed by atoms with E-state index in [1.165, 1.54) is 21.8 Å². The van der Waals surface area contributed by atoms with Gasteiger partial charge in [0.15, 0.2) is 17.5 Å². The highest BCUT2D eigenvalue weighted by Gasteiger charge is 2.22. The zero-order valence-corrected chi connectivity index (χ0v) is 40.6. The average Bonchev–Trinajstić information content (AvgIpc) is 4.30. The Morgan fingerprint density at radius 3 is 1.46 bits per heavy atom. The van der Waals surface area contributed by atoms with Crippen molar-refractivity contribution >= 4 is 87.6 Å². The predicted octanol–water partition coefficient (Wildman–Crippen LogP) is 18.7. The van der Waals surface area contributed by atoms with Crippen LogP contribution in [0, 0.1) is 0 Å². The van der Waals surface area contributed by atoms with Gasteiger partial charge in [-0.2, -0.15) is 0 Å². The van der Waals surface area contributed by atoms with E-state index in [0.717, 1.165) is 122 Å². The van der Waals surface area contributed by atoms with Crippen LogP contribution in [0.5, 0.6) is 0 Å². The Morgan fingerprint density at radius 2 is 0.737 bits per heavy atom. The van der Waals surface area contributed by atoms with Crippen LogP contribution in [0.3, 0.4) is 0 Å². The molecule has 0 N–H and O–H groups in total. The molecule has 0 saturated heterocycles. The minimum atomic E-state index is 0.540. The molecule has 0 unspecified atom stereocenters. The van der Waals surface area contributed by atoms with Crippen molar-refractivity contribution in [1.29, 1.82) is 0 Å². The molecule has 0 atom stereocenters. The summed E-state index contributed by atoms with van der Waals surface area (Å²) in [6, 6.07) is 84.5. The van der Waals surface area contributed by atoms with E-state index in [1.54, 1.807) is 0 Å². The van der Waals surface area contributed by atoms with Crippen LogP contribution in [0.15, 0.2) is 256 Å². The lowest BCUT2D eigenvalue weighted by Gasteiger charge is -2.09. The molecule has 5 heterocycles. The number of hydrogen-bond donors (Lipinski definition) is 0. The summed E-state index contributed by atoms with van der Waals surface area (Å²) in [6.45, 7) is 0. The molecule has 0 aliphatic heterocycles. The maximum absolute atomic E-state index is 6.64. The van der Waals surface area contributed by atoms with Gasteiger partial charge in [0.25, 0.3) is 0 Å². The second-order valence-corrected chi connectivity index (χ2v) is 19.5. The molecule has 7 nitrogen and oxygen atoms in total. The first-order valence-electron chi connectivity index (χ1n) is 25.5. The molecule has 0 fully saturated rings.